The van der Waals surface area contributed by atoms with E-state index in [2.05, 4.69) is 35.3 Å². The number of hydrogen-bond acceptors (Lipinski definition) is 3. The van der Waals surface area contributed by atoms with Crippen LogP contribution >= 0.6 is 0 Å². The molecular formula is C18H28N2O. The minimum Gasteiger partial charge on any atom is -0.497 e. The molecule has 2 aliphatic heterocycles. The summed E-state index contributed by atoms with van der Waals surface area (Å²) in [4.78, 5) is 2.72. The van der Waals surface area contributed by atoms with Gasteiger partial charge in [-0.3, -0.25) is 4.90 Å². The smallest absolute Gasteiger partial charge is 0.119 e. The lowest BCUT2D eigenvalue weighted by atomic mass is 9.96. The van der Waals surface area contributed by atoms with E-state index < -0.39 is 0 Å². The molecule has 0 saturated carbocycles. The van der Waals surface area contributed by atoms with Gasteiger partial charge in [-0.1, -0.05) is 19.1 Å². The Morgan fingerprint density at radius 3 is 2.86 bits per heavy atom. The van der Waals surface area contributed by atoms with Crippen LogP contribution in [0.1, 0.15) is 37.8 Å². The van der Waals surface area contributed by atoms with Crippen LogP contribution < -0.4 is 10.1 Å². The Labute approximate surface area is 128 Å². The molecule has 0 bridgehead atoms. The van der Waals surface area contributed by atoms with Crippen LogP contribution in [0.25, 0.3) is 0 Å². The van der Waals surface area contributed by atoms with Crippen LogP contribution in [-0.2, 0) is 0 Å². The lowest BCUT2D eigenvalue weighted by Crippen LogP contribution is -2.36. The van der Waals surface area contributed by atoms with Gasteiger partial charge in [0.1, 0.15) is 5.75 Å². The Morgan fingerprint density at radius 1 is 1.29 bits per heavy atom. The largest absolute Gasteiger partial charge is 0.497 e. The molecule has 2 aliphatic rings. The van der Waals surface area contributed by atoms with Gasteiger partial charge in [-0.2, -0.15) is 0 Å². The molecule has 2 saturated heterocycles. The van der Waals surface area contributed by atoms with Gasteiger partial charge >= 0.3 is 0 Å². The molecule has 1 aromatic carbocycles. The van der Waals surface area contributed by atoms with Crippen molar-refractivity contribution in [3.05, 3.63) is 29.8 Å². The third kappa shape index (κ3) is 3.58. The summed E-state index contributed by atoms with van der Waals surface area (Å²) < 4.78 is 5.40. The van der Waals surface area contributed by atoms with Crippen molar-refractivity contribution in [2.24, 2.45) is 11.8 Å². The third-order valence-electron chi connectivity index (χ3n) is 5.04. The fourth-order valence-corrected chi connectivity index (χ4v) is 3.93. The number of nitrogens with zero attached hydrogens (tertiary/aromatic N) is 1. The van der Waals surface area contributed by atoms with E-state index >= 15 is 0 Å². The van der Waals surface area contributed by atoms with E-state index in [4.69, 9.17) is 4.74 Å². The zero-order valence-electron chi connectivity index (χ0n) is 13.3. The Balaban J connectivity index is 1.71. The average molecular weight is 288 g/mol. The third-order valence-corrected chi connectivity index (χ3v) is 5.04. The Kier molecular flexibility index (Phi) is 4.81. The fraction of sp³-hybridized carbons (Fsp3) is 0.667. The van der Waals surface area contributed by atoms with Crippen molar-refractivity contribution < 1.29 is 4.74 Å². The van der Waals surface area contributed by atoms with Crippen LogP contribution in [0.15, 0.2) is 24.3 Å². The molecule has 0 aliphatic carbocycles. The summed E-state index contributed by atoms with van der Waals surface area (Å²) in [6.45, 7) is 7.27. The molecule has 0 amide bonds. The van der Waals surface area contributed by atoms with E-state index in [-0.39, 0.29) is 0 Å². The predicted octanol–water partition coefficient (Wildman–Crippen LogP) is 3.08. The second-order valence-electron chi connectivity index (χ2n) is 6.78. The molecular weight excluding hydrogens is 260 g/mol. The Morgan fingerprint density at radius 2 is 2.10 bits per heavy atom. The Hall–Kier alpha value is -1.06. The molecule has 1 aromatic rings. The molecule has 21 heavy (non-hydrogen) atoms. The van der Waals surface area contributed by atoms with Crippen LogP contribution in [0, 0.1) is 11.8 Å². The number of piperidine rings is 1. The minimum absolute atomic E-state index is 0.574. The second kappa shape index (κ2) is 6.80. The molecule has 0 radical (unpaired) electrons. The molecule has 3 nitrogen and oxygen atoms in total. The molecule has 2 heterocycles. The van der Waals surface area contributed by atoms with Crippen LogP contribution in [0.5, 0.6) is 5.75 Å². The first kappa shape index (κ1) is 14.9. The first-order chi connectivity index (χ1) is 10.3. The normalized spacial score (nSPS) is 27.9. The number of rotatable bonds is 4. The summed E-state index contributed by atoms with van der Waals surface area (Å²) in [5.74, 6) is 2.64. The molecule has 3 heteroatoms. The maximum absolute atomic E-state index is 5.40. The van der Waals surface area contributed by atoms with E-state index in [0.717, 1.165) is 17.6 Å². The maximum Gasteiger partial charge on any atom is 0.119 e. The zero-order valence-corrected chi connectivity index (χ0v) is 13.3. The number of nitrogens with one attached hydrogen (secondary N) is 1. The lowest BCUT2D eigenvalue weighted by molar-refractivity contribution is 0.190. The van der Waals surface area contributed by atoms with E-state index in [1.807, 2.05) is 6.07 Å². The van der Waals surface area contributed by atoms with Crippen LogP contribution in [0.3, 0.4) is 0 Å². The van der Waals surface area contributed by atoms with Gasteiger partial charge in [-0.05, 0) is 61.9 Å². The van der Waals surface area contributed by atoms with Crippen molar-refractivity contribution in [3.8, 4) is 5.75 Å². The van der Waals surface area contributed by atoms with Gasteiger partial charge in [0.05, 0.1) is 7.11 Å². The van der Waals surface area contributed by atoms with Crippen LogP contribution in [-0.4, -0.2) is 38.2 Å². The van der Waals surface area contributed by atoms with Crippen LogP contribution in [0.2, 0.25) is 0 Å². The predicted molar refractivity (Wildman–Crippen MR) is 86.7 cm³/mol. The SMILES string of the molecule is COc1cccc(C2CC(C)CN2CC2CCNCC2)c1. The van der Waals surface area contributed by atoms with E-state index in [9.17, 15) is 0 Å². The van der Waals surface area contributed by atoms with Gasteiger partial charge in [0.15, 0.2) is 0 Å². The maximum atomic E-state index is 5.40. The Bertz CT molecular complexity index is 456. The van der Waals surface area contributed by atoms with E-state index in [1.54, 1.807) is 7.11 Å². The summed E-state index contributed by atoms with van der Waals surface area (Å²) >= 11 is 0. The van der Waals surface area contributed by atoms with Gasteiger partial charge in [-0.15, -0.1) is 0 Å². The highest BCUT2D eigenvalue weighted by atomic mass is 16.5. The van der Waals surface area contributed by atoms with Crippen molar-refractivity contribution in [2.75, 3.05) is 33.3 Å². The van der Waals surface area contributed by atoms with Crippen molar-refractivity contribution in [3.63, 3.8) is 0 Å². The molecule has 0 aromatic heterocycles. The van der Waals surface area contributed by atoms with Gasteiger partial charge < -0.3 is 10.1 Å². The fourth-order valence-electron chi connectivity index (χ4n) is 3.93. The molecule has 116 valence electrons. The van der Waals surface area contributed by atoms with Crippen molar-refractivity contribution in [1.82, 2.24) is 10.2 Å². The van der Waals surface area contributed by atoms with Crippen LogP contribution in [0.4, 0.5) is 0 Å². The molecule has 3 rings (SSSR count). The number of hydrogen-bond donors (Lipinski definition) is 1. The van der Waals surface area contributed by atoms with Gasteiger partial charge in [0.25, 0.3) is 0 Å². The van der Waals surface area contributed by atoms with Gasteiger partial charge in [0, 0.05) is 19.1 Å². The molecule has 1 N–H and O–H groups in total. The summed E-state index contributed by atoms with van der Waals surface area (Å²) in [5, 5.41) is 3.47. The highest BCUT2D eigenvalue weighted by molar-refractivity contribution is 5.31. The van der Waals surface area contributed by atoms with E-state index in [1.165, 1.54) is 51.0 Å². The first-order valence-electron chi connectivity index (χ1n) is 8.35. The molecule has 2 unspecified atom stereocenters. The lowest BCUT2D eigenvalue weighted by Gasteiger charge is -2.31. The quantitative estimate of drug-likeness (QED) is 0.921. The molecule has 2 atom stereocenters. The topological polar surface area (TPSA) is 24.5 Å². The summed E-state index contributed by atoms with van der Waals surface area (Å²) in [6.07, 6.45) is 3.93. The van der Waals surface area contributed by atoms with E-state index in [0.29, 0.717) is 6.04 Å². The summed E-state index contributed by atoms with van der Waals surface area (Å²) in [7, 11) is 1.75. The average Bonchev–Trinajstić information content (AvgIpc) is 2.89. The molecule has 0 spiro atoms. The highest BCUT2D eigenvalue weighted by Crippen LogP contribution is 2.37. The number of methoxy groups -OCH3 is 1. The van der Waals surface area contributed by atoms with Gasteiger partial charge in [-0.25, -0.2) is 0 Å². The van der Waals surface area contributed by atoms with Crippen molar-refractivity contribution >= 4 is 0 Å². The molecule has 2 fully saturated rings. The standard InChI is InChI=1S/C18H28N2O/c1-14-10-18(16-4-3-5-17(11-16)21-2)20(12-14)13-15-6-8-19-9-7-15/h3-5,11,14-15,18-19H,6-10,12-13H2,1-2H3. The summed E-state index contributed by atoms with van der Waals surface area (Å²) in [5.41, 5.74) is 1.42. The summed E-state index contributed by atoms with van der Waals surface area (Å²) in [6, 6.07) is 9.22. The zero-order chi connectivity index (χ0) is 14.7. The van der Waals surface area contributed by atoms with Crippen molar-refractivity contribution in [2.45, 2.75) is 32.2 Å². The number of ether oxygens (including phenoxy) is 1. The van der Waals surface area contributed by atoms with Gasteiger partial charge in [0.2, 0.25) is 0 Å². The first-order valence-corrected chi connectivity index (χ1v) is 8.35. The second-order valence-corrected chi connectivity index (χ2v) is 6.78. The highest BCUT2D eigenvalue weighted by Gasteiger charge is 2.32. The number of likely N-dealkylation sites (tertiary alicyclic amines) is 1. The number of benzene rings is 1. The van der Waals surface area contributed by atoms with Crippen molar-refractivity contribution in [1.29, 1.82) is 0 Å². The minimum atomic E-state index is 0.574. The monoisotopic (exact) mass is 288 g/mol.